The van der Waals surface area contributed by atoms with Crippen molar-refractivity contribution in [2.24, 2.45) is 5.84 Å². The molecule has 0 heterocycles. The van der Waals surface area contributed by atoms with E-state index >= 15 is 0 Å². The van der Waals surface area contributed by atoms with Gasteiger partial charge in [-0.15, -0.1) is 6.58 Å². The smallest absolute Gasteiger partial charge is 0.0287 e. The van der Waals surface area contributed by atoms with Gasteiger partial charge in [-0.1, -0.05) is 35.9 Å². The van der Waals surface area contributed by atoms with E-state index < -0.39 is 0 Å². The highest BCUT2D eigenvalue weighted by atomic mass is 15.2. The summed E-state index contributed by atoms with van der Waals surface area (Å²) in [4.78, 5) is 0. The number of nitrogens with one attached hydrogen (secondary N) is 1. The van der Waals surface area contributed by atoms with Crippen molar-refractivity contribution >= 4 is 0 Å². The molecule has 0 aliphatic carbocycles. The van der Waals surface area contributed by atoms with E-state index in [9.17, 15) is 0 Å². The van der Waals surface area contributed by atoms with Crippen LogP contribution in [-0.2, 0) is 6.42 Å². The Hall–Kier alpha value is -1.12. The van der Waals surface area contributed by atoms with E-state index in [1.807, 2.05) is 25.1 Å². The van der Waals surface area contributed by atoms with Crippen molar-refractivity contribution < 1.29 is 0 Å². The summed E-state index contributed by atoms with van der Waals surface area (Å²) >= 11 is 0. The Morgan fingerprint density at radius 2 is 2.07 bits per heavy atom. The first-order valence-electron chi connectivity index (χ1n) is 4.87. The molecule has 0 bridgehead atoms. The molecule has 0 aromatic heterocycles. The van der Waals surface area contributed by atoms with E-state index in [1.54, 1.807) is 0 Å². The zero-order valence-corrected chi connectivity index (χ0v) is 8.66. The molecular formula is C12H18N2. The Kier molecular flexibility index (Phi) is 4.36. The van der Waals surface area contributed by atoms with E-state index in [1.165, 1.54) is 5.56 Å². The number of rotatable bonds is 5. The van der Waals surface area contributed by atoms with E-state index in [0.29, 0.717) is 0 Å². The van der Waals surface area contributed by atoms with Crippen LogP contribution in [0.25, 0.3) is 0 Å². The number of hydrazine groups is 1. The third-order valence-electron chi connectivity index (χ3n) is 2.16. The molecule has 1 atom stereocenters. The molecule has 76 valence electrons. The molecule has 1 aromatic carbocycles. The fraction of sp³-hybridized carbons (Fsp3) is 0.333. The summed E-state index contributed by atoms with van der Waals surface area (Å²) in [6.07, 6.45) is 1.87. The highest BCUT2D eigenvalue weighted by Crippen LogP contribution is 2.08. The molecule has 0 saturated heterocycles. The van der Waals surface area contributed by atoms with Crippen molar-refractivity contribution in [3.8, 4) is 0 Å². The predicted molar refractivity (Wildman–Crippen MR) is 60.7 cm³/mol. The Morgan fingerprint density at radius 1 is 1.43 bits per heavy atom. The van der Waals surface area contributed by atoms with E-state index in [4.69, 9.17) is 5.84 Å². The van der Waals surface area contributed by atoms with Crippen molar-refractivity contribution in [3.63, 3.8) is 0 Å². The molecule has 1 aromatic rings. The van der Waals surface area contributed by atoms with Gasteiger partial charge in [-0.3, -0.25) is 11.3 Å². The maximum atomic E-state index is 5.48. The monoisotopic (exact) mass is 190 g/mol. The molecule has 3 N–H and O–H groups in total. The maximum Gasteiger partial charge on any atom is 0.0287 e. The first-order valence-corrected chi connectivity index (χ1v) is 4.87. The lowest BCUT2D eigenvalue weighted by Crippen LogP contribution is -2.36. The minimum absolute atomic E-state index is 0.287. The molecule has 0 spiro atoms. The van der Waals surface area contributed by atoms with Crippen molar-refractivity contribution in [2.75, 3.05) is 0 Å². The van der Waals surface area contributed by atoms with Crippen LogP contribution in [0.15, 0.2) is 42.5 Å². The normalized spacial score (nSPS) is 12.4. The van der Waals surface area contributed by atoms with Gasteiger partial charge in [0.25, 0.3) is 0 Å². The highest BCUT2D eigenvalue weighted by Gasteiger charge is 2.06. The van der Waals surface area contributed by atoms with Gasteiger partial charge < -0.3 is 0 Å². The molecule has 0 aliphatic heterocycles. The largest absolute Gasteiger partial charge is 0.271 e. The van der Waals surface area contributed by atoms with Gasteiger partial charge in [-0.2, -0.15) is 0 Å². The van der Waals surface area contributed by atoms with Crippen LogP contribution in [0.2, 0.25) is 0 Å². The average Bonchev–Trinajstić information content (AvgIpc) is 2.17. The molecule has 0 fully saturated rings. The van der Waals surface area contributed by atoms with Gasteiger partial charge in [-0.25, -0.2) is 0 Å². The summed E-state index contributed by atoms with van der Waals surface area (Å²) in [6.45, 7) is 5.91. The van der Waals surface area contributed by atoms with Crippen LogP contribution in [0.1, 0.15) is 18.9 Å². The van der Waals surface area contributed by atoms with Crippen LogP contribution in [0.3, 0.4) is 0 Å². The van der Waals surface area contributed by atoms with Crippen molar-refractivity contribution in [1.82, 2.24) is 5.43 Å². The maximum absolute atomic E-state index is 5.48. The second-order valence-corrected chi connectivity index (χ2v) is 3.71. The van der Waals surface area contributed by atoms with E-state index in [2.05, 4.69) is 24.1 Å². The second-order valence-electron chi connectivity index (χ2n) is 3.71. The summed E-state index contributed by atoms with van der Waals surface area (Å²) in [5.41, 5.74) is 5.28. The van der Waals surface area contributed by atoms with Gasteiger partial charge in [0, 0.05) is 6.04 Å². The first-order chi connectivity index (χ1) is 6.72. The Morgan fingerprint density at radius 3 is 2.57 bits per heavy atom. The summed E-state index contributed by atoms with van der Waals surface area (Å²) < 4.78 is 0. The minimum atomic E-state index is 0.287. The second kappa shape index (κ2) is 5.58. The zero-order valence-electron chi connectivity index (χ0n) is 8.66. The van der Waals surface area contributed by atoms with Crippen molar-refractivity contribution in [3.05, 3.63) is 48.0 Å². The molecule has 0 saturated carbocycles. The van der Waals surface area contributed by atoms with Crippen LogP contribution >= 0.6 is 0 Å². The molecule has 2 heteroatoms. The van der Waals surface area contributed by atoms with Crippen LogP contribution in [0, 0.1) is 0 Å². The summed E-state index contributed by atoms with van der Waals surface area (Å²) in [7, 11) is 0. The number of hydrogen-bond acceptors (Lipinski definition) is 2. The van der Waals surface area contributed by atoms with Crippen LogP contribution in [0.5, 0.6) is 0 Å². The Balaban J connectivity index is 2.53. The van der Waals surface area contributed by atoms with Crippen LogP contribution < -0.4 is 11.3 Å². The zero-order chi connectivity index (χ0) is 10.4. The third kappa shape index (κ3) is 3.73. The third-order valence-corrected chi connectivity index (χ3v) is 2.16. The lowest BCUT2D eigenvalue weighted by molar-refractivity contribution is 0.521. The van der Waals surface area contributed by atoms with Crippen molar-refractivity contribution in [1.29, 1.82) is 0 Å². The SMILES string of the molecule is C=C(C)CC(Cc1ccccc1)NN. The lowest BCUT2D eigenvalue weighted by Gasteiger charge is -2.15. The Labute approximate surface area is 85.8 Å². The number of hydrogen-bond donors (Lipinski definition) is 2. The van der Waals surface area contributed by atoms with Gasteiger partial charge in [0.2, 0.25) is 0 Å². The predicted octanol–water partition coefficient (Wildman–Crippen LogP) is 2.03. The molecule has 2 nitrogen and oxygen atoms in total. The molecule has 1 unspecified atom stereocenters. The van der Waals surface area contributed by atoms with Crippen LogP contribution in [0.4, 0.5) is 0 Å². The fourth-order valence-electron chi connectivity index (χ4n) is 1.51. The fourth-order valence-corrected chi connectivity index (χ4v) is 1.51. The Bertz CT molecular complexity index is 280. The molecule has 1 rings (SSSR count). The highest BCUT2D eigenvalue weighted by molar-refractivity contribution is 5.16. The minimum Gasteiger partial charge on any atom is -0.271 e. The summed E-state index contributed by atoms with van der Waals surface area (Å²) in [5.74, 6) is 5.48. The van der Waals surface area contributed by atoms with E-state index in [0.717, 1.165) is 18.4 Å². The number of benzene rings is 1. The molecule has 0 radical (unpaired) electrons. The van der Waals surface area contributed by atoms with Crippen LogP contribution in [-0.4, -0.2) is 6.04 Å². The van der Waals surface area contributed by atoms with Gasteiger partial charge >= 0.3 is 0 Å². The number of nitrogens with two attached hydrogens (primary N) is 1. The quantitative estimate of drug-likeness (QED) is 0.423. The average molecular weight is 190 g/mol. The molecule has 0 aliphatic rings. The van der Waals surface area contributed by atoms with Crippen molar-refractivity contribution in [2.45, 2.75) is 25.8 Å². The van der Waals surface area contributed by atoms with Gasteiger partial charge in [0.05, 0.1) is 0 Å². The standard InChI is InChI=1S/C12H18N2/c1-10(2)8-12(14-13)9-11-6-4-3-5-7-11/h3-7,12,14H,1,8-9,13H2,2H3. The van der Waals surface area contributed by atoms with E-state index in [-0.39, 0.29) is 6.04 Å². The molecule has 14 heavy (non-hydrogen) atoms. The van der Waals surface area contributed by atoms with Gasteiger partial charge in [0.1, 0.15) is 0 Å². The topological polar surface area (TPSA) is 38.0 Å². The summed E-state index contributed by atoms with van der Waals surface area (Å²) in [5, 5.41) is 0. The van der Waals surface area contributed by atoms with Gasteiger partial charge in [0.15, 0.2) is 0 Å². The summed E-state index contributed by atoms with van der Waals surface area (Å²) in [6, 6.07) is 10.6. The first kappa shape index (κ1) is 11.0. The van der Waals surface area contributed by atoms with Gasteiger partial charge in [-0.05, 0) is 25.3 Å². The lowest BCUT2D eigenvalue weighted by atomic mass is 10.0. The molecule has 0 amide bonds. The molecular weight excluding hydrogens is 172 g/mol.